The van der Waals surface area contributed by atoms with Crippen LogP contribution in [0, 0.1) is 5.82 Å². The van der Waals surface area contributed by atoms with Crippen LogP contribution in [-0.2, 0) is 0 Å². The fourth-order valence-corrected chi connectivity index (χ4v) is 1.73. The van der Waals surface area contributed by atoms with Gasteiger partial charge in [-0.15, -0.1) is 0 Å². The molecule has 4 nitrogen and oxygen atoms in total. The average molecular weight is 280 g/mol. The molecular formula is C13H11ClFN3O. The van der Waals surface area contributed by atoms with Crippen LogP contribution in [0.15, 0.2) is 42.5 Å². The van der Waals surface area contributed by atoms with Gasteiger partial charge in [0.25, 0.3) is 5.91 Å². The molecule has 0 aliphatic carbocycles. The molecule has 0 unspecified atom stereocenters. The molecule has 0 aliphatic heterocycles. The van der Waals surface area contributed by atoms with E-state index in [1.165, 1.54) is 18.2 Å². The van der Waals surface area contributed by atoms with Crippen LogP contribution in [0.1, 0.15) is 10.4 Å². The van der Waals surface area contributed by atoms with Crippen molar-refractivity contribution in [2.24, 2.45) is 5.84 Å². The van der Waals surface area contributed by atoms with Gasteiger partial charge in [-0.25, -0.2) is 4.39 Å². The van der Waals surface area contributed by atoms with Crippen LogP contribution in [-0.4, -0.2) is 5.91 Å². The Bertz CT molecular complexity index is 581. The van der Waals surface area contributed by atoms with Crippen molar-refractivity contribution in [1.82, 2.24) is 0 Å². The second kappa shape index (κ2) is 5.69. The predicted octanol–water partition coefficient (Wildman–Crippen LogP) is 3.02. The number of para-hydroxylation sites is 1. The van der Waals surface area contributed by atoms with Gasteiger partial charge in [0.2, 0.25) is 0 Å². The Kier molecular flexibility index (Phi) is 3.99. The first-order valence-electron chi connectivity index (χ1n) is 5.44. The van der Waals surface area contributed by atoms with Crippen LogP contribution >= 0.6 is 11.6 Å². The van der Waals surface area contributed by atoms with Crippen molar-refractivity contribution in [3.05, 3.63) is 58.9 Å². The smallest absolute Gasteiger partial charge is 0.255 e. The van der Waals surface area contributed by atoms with Gasteiger partial charge < -0.3 is 10.7 Å². The number of anilines is 2. The summed E-state index contributed by atoms with van der Waals surface area (Å²) in [5, 5.41) is 2.58. The molecule has 0 aliphatic rings. The standard InChI is InChI=1S/C13H11ClFN3O/c14-10-2-1-3-11(15)12(10)17-13(19)8-4-6-9(18-16)7-5-8/h1-7,18H,16H2,(H,17,19). The maximum atomic E-state index is 13.5. The third-order valence-corrected chi connectivity index (χ3v) is 2.83. The zero-order valence-corrected chi connectivity index (χ0v) is 10.5. The number of hydrogen-bond donors (Lipinski definition) is 3. The van der Waals surface area contributed by atoms with Gasteiger partial charge >= 0.3 is 0 Å². The summed E-state index contributed by atoms with van der Waals surface area (Å²) in [6, 6.07) is 10.6. The van der Waals surface area contributed by atoms with E-state index < -0.39 is 11.7 Å². The Morgan fingerprint density at radius 2 is 1.84 bits per heavy atom. The van der Waals surface area contributed by atoms with Gasteiger partial charge in [0.1, 0.15) is 5.82 Å². The number of carbonyl (C=O) groups excluding carboxylic acids is 1. The molecule has 0 heterocycles. The first-order valence-corrected chi connectivity index (χ1v) is 5.81. The van der Waals surface area contributed by atoms with Gasteiger partial charge in [-0.3, -0.25) is 10.6 Å². The topological polar surface area (TPSA) is 67.1 Å². The highest BCUT2D eigenvalue weighted by Crippen LogP contribution is 2.25. The van der Waals surface area contributed by atoms with E-state index in [2.05, 4.69) is 10.7 Å². The lowest BCUT2D eigenvalue weighted by molar-refractivity contribution is 0.102. The lowest BCUT2D eigenvalue weighted by atomic mass is 10.2. The van der Waals surface area contributed by atoms with Crippen LogP contribution in [0.2, 0.25) is 5.02 Å². The summed E-state index contributed by atoms with van der Waals surface area (Å²) in [7, 11) is 0. The monoisotopic (exact) mass is 279 g/mol. The zero-order valence-electron chi connectivity index (χ0n) is 9.78. The van der Waals surface area contributed by atoms with Crippen molar-refractivity contribution in [1.29, 1.82) is 0 Å². The molecule has 2 aromatic carbocycles. The average Bonchev–Trinajstić information content (AvgIpc) is 2.43. The number of hydrogen-bond acceptors (Lipinski definition) is 3. The molecule has 0 atom stereocenters. The molecule has 0 bridgehead atoms. The Balaban J connectivity index is 2.20. The molecule has 2 rings (SSSR count). The normalized spacial score (nSPS) is 10.1. The third kappa shape index (κ3) is 3.01. The number of nitrogens with one attached hydrogen (secondary N) is 2. The van der Waals surface area contributed by atoms with E-state index in [0.29, 0.717) is 11.3 Å². The van der Waals surface area contributed by atoms with Crippen molar-refractivity contribution in [3.63, 3.8) is 0 Å². The number of nitrogen functional groups attached to an aromatic ring is 1. The first kappa shape index (κ1) is 13.3. The van der Waals surface area contributed by atoms with Gasteiger partial charge in [0.05, 0.1) is 10.7 Å². The molecule has 0 radical (unpaired) electrons. The molecule has 0 saturated heterocycles. The molecule has 2 aromatic rings. The number of rotatable bonds is 3. The summed E-state index contributed by atoms with van der Waals surface area (Å²) < 4.78 is 13.5. The quantitative estimate of drug-likeness (QED) is 0.598. The summed E-state index contributed by atoms with van der Waals surface area (Å²) in [6.07, 6.45) is 0. The van der Waals surface area contributed by atoms with Gasteiger partial charge in [-0.05, 0) is 36.4 Å². The number of halogens is 2. The Hall–Kier alpha value is -2.11. The molecule has 98 valence electrons. The number of hydrazine groups is 1. The fourth-order valence-electron chi connectivity index (χ4n) is 1.52. The number of carbonyl (C=O) groups is 1. The molecule has 19 heavy (non-hydrogen) atoms. The molecule has 6 heteroatoms. The van der Waals surface area contributed by atoms with E-state index in [1.807, 2.05) is 0 Å². The molecule has 0 saturated carbocycles. The van der Waals surface area contributed by atoms with Gasteiger partial charge in [-0.2, -0.15) is 0 Å². The van der Waals surface area contributed by atoms with E-state index in [4.69, 9.17) is 17.4 Å². The SMILES string of the molecule is NNc1ccc(C(=O)Nc2c(F)cccc2Cl)cc1. The van der Waals surface area contributed by atoms with Crippen LogP contribution in [0.25, 0.3) is 0 Å². The summed E-state index contributed by atoms with van der Waals surface area (Å²) >= 11 is 5.83. The molecule has 0 fully saturated rings. The lowest BCUT2D eigenvalue weighted by Gasteiger charge is -2.08. The molecule has 4 N–H and O–H groups in total. The second-order valence-electron chi connectivity index (χ2n) is 3.77. The lowest BCUT2D eigenvalue weighted by Crippen LogP contribution is -2.14. The Morgan fingerprint density at radius 1 is 1.16 bits per heavy atom. The molecule has 0 aromatic heterocycles. The van der Waals surface area contributed by atoms with Crippen molar-refractivity contribution in [3.8, 4) is 0 Å². The third-order valence-electron chi connectivity index (χ3n) is 2.52. The molecular weight excluding hydrogens is 269 g/mol. The number of benzene rings is 2. The van der Waals surface area contributed by atoms with Crippen molar-refractivity contribution >= 4 is 28.9 Å². The predicted molar refractivity (Wildman–Crippen MR) is 73.6 cm³/mol. The van der Waals surface area contributed by atoms with Crippen LogP contribution < -0.4 is 16.6 Å². The summed E-state index contributed by atoms with van der Waals surface area (Å²) in [5.41, 5.74) is 3.46. The minimum Gasteiger partial charge on any atom is -0.324 e. The minimum atomic E-state index is -0.582. The van der Waals surface area contributed by atoms with Gasteiger partial charge in [-0.1, -0.05) is 17.7 Å². The van der Waals surface area contributed by atoms with E-state index in [0.717, 1.165) is 0 Å². The molecule has 0 spiro atoms. The van der Waals surface area contributed by atoms with Crippen molar-refractivity contribution in [2.75, 3.05) is 10.7 Å². The summed E-state index contributed by atoms with van der Waals surface area (Å²) in [4.78, 5) is 11.9. The van der Waals surface area contributed by atoms with Crippen LogP contribution in [0.4, 0.5) is 15.8 Å². The Labute approximate surface area is 114 Å². The van der Waals surface area contributed by atoms with Crippen molar-refractivity contribution in [2.45, 2.75) is 0 Å². The van der Waals surface area contributed by atoms with Crippen molar-refractivity contribution < 1.29 is 9.18 Å². The Morgan fingerprint density at radius 3 is 2.42 bits per heavy atom. The summed E-state index contributed by atoms with van der Waals surface area (Å²) in [6.45, 7) is 0. The minimum absolute atomic E-state index is 0.0322. The highest BCUT2D eigenvalue weighted by Gasteiger charge is 2.12. The number of nitrogens with two attached hydrogens (primary N) is 1. The highest BCUT2D eigenvalue weighted by molar-refractivity contribution is 6.34. The zero-order chi connectivity index (χ0) is 13.8. The van der Waals surface area contributed by atoms with E-state index in [-0.39, 0.29) is 10.7 Å². The van der Waals surface area contributed by atoms with Crippen LogP contribution in [0.3, 0.4) is 0 Å². The van der Waals surface area contributed by atoms with E-state index in [9.17, 15) is 9.18 Å². The second-order valence-corrected chi connectivity index (χ2v) is 4.18. The van der Waals surface area contributed by atoms with E-state index in [1.54, 1.807) is 24.3 Å². The van der Waals surface area contributed by atoms with E-state index >= 15 is 0 Å². The largest absolute Gasteiger partial charge is 0.324 e. The molecule has 1 amide bonds. The summed E-state index contributed by atoms with van der Waals surface area (Å²) in [5.74, 6) is 4.19. The van der Waals surface area contributed by atoms with Gasteiger partial charge in [0.15, 0.2) is 0 Å². The maximum Gasteiger partial charge on any atom is 0.255 e. The van der Waals surface area contributed by atoms with Gasteiger partial charge in [0, 0.05) is 11.3 Å². The van der Waals surface area contributed by atoms with Crippen LogP contribution in [0.5, 0.6) is 0 Å². The first-order chi connectivity index (χ1) is 9.11. The number of amides is 1. The highest BCUT2D eigenvalue weighted by atomic mass is 35.5. The maximum absolute atomic E-state index is 13.5. The fraction of sp³-hybridized carbons (Fsp3) is 0.